The van der Waals surface area contributed by atoms with Crippen molar-refractivity contribution >= 4 is 6.09 Å². The Morgan fingerprint density at radius 3 is 2.55 bits per heavy atom. The van der Waals surface area contributed by atoms with Gasteiger partial charge in [-0.05, 0) is 59.3 Å². The molecule has 0 spiro atoms. The fourth-order valence-electron chi connectivity index (χ4n) is 5.72. The van der Waals surface area contributed by atoms with Crippen LogP contribution in [-0.4, -0.2) is 59.7 Å². The van der Waals surface area contributed by atoms with Crippen molar-refractivity contribution in [3.63, 3.8) is 0 Å². The van der Waals surface area contributed by atoms with E-state index in [4.69, 9.17) is 14.2 Å². The molecule has 0 unspecified atom stereocenters. The van der Waals surface area contributed by atoms with Gasteiger partial charge in [-0.1, -0.05) is 73.3 Å². The van der Waals surface area contributed by atoms with Crippen molar-refractivity contribution < 1.29 is 29.2 Å². The lowest BCUT2D eigenvalue weighted by Gasteiger charge is -2.38. The normalized spacial score (nSPS) is 22.5. The zero-order valence-corrected chi connectivity index (χ0v) is 23.9. The van der Waals surface area contributed by atoms with Gasteiger partial charge >= 0.3 is 6.09 Å². The van der Waals surface area contributed by atoms with Gasteiger partial charge in [-0.25, -0.2) is 4.79 Å². The summed E-state index contributed by atoms with van der Waals surface area (Å²) in [5, 5.41) is 22.1. The maximum absolute atomic E-state index is 11.8. The van der Waals surface area contributed by atoms with Crippen molar-refractivity contribution in [2.24, 2.45) is 0 Å². The average Bonchev–Trinajstić information content (AvgIpc) is 3.49. The van der Waals surface area contributed by atoms with Crippen LogP contribution in [0.3, 0.4) is 0 Å². The third-order valence-corrected chi connectivity index (χ3v) is 7.95. The molecule has 3 aromatic rings. The smallest absolute Gasteiger partial charge is 0.407 e. The summed E-state index contributed by atoms with van der Waals surface area (Å²) in [6, 6.07) is 24.3. The number of aliphatic hydroxyl groups excluding tert-OH is 2. The van der Waals surface area contributed by atoms with Gasteiger partial charge in [0, 0.05) is 31.1 Å². The Hall–Kier alpha value is -3.53. The SMILES string of the molecule is C=CCOC(=O)NCc1cccc(-c2cccc([C@H]3O[C@@H](CN4CCC[C@H]4CO)C[C@@H](c4ccc(CO)cc4)O3)c2)c1. The first kappa shape index (κ1) is 29.9. The molecule has 3 N–H and O–H groups in total. The minimum atomic E-state index is -0.564. The predicted molar refractivity (Wildman–Crippen MR) is 160 cm³/mol. The van der Waals surface area contributed by atoms with E-state index in [-0.39, 0.29) is 38.1 Å². The van der Waals surface area contributed by atoms with Crippen molar-refractivity contribution in [2.45, 2.75) is 57.0 Å². The summed E-state index contributed by atoms with van der Waals surface area (Å²) < 4.78 is 18.2. The molecule has 222 valence electrons. The number of carbonyl (C=O) groups is 1. The van der Waals surface area contributed by atoms with Gasteiger partial charge in [0.25, 0.3) is 0 Å². The van der Waals surface area contributed by atoms with E-state index in [0.717, 1.165) is 59.3 Å². The molecule has 8 nitrogen and oxygen atoms in total. The predicted octanol–water partition coefficient (Wildman–Crippen LogP) is 5.26. The van der Waals surface area contributed by atoms with Crippen LogP contribution in [0.25, 0.3) is 11.1 Å². The van der Waals surface area contributed by atoms with Crippen molar-refractivity contribution in [3.05, 3.63) is 108 Å². The number of nitrogens with zero attached hydrogens (tertiary/aromatic N) is 1. The summed E-state index contributed by atoms with van der Waals surface area (Å²) in [7, 11) is 0. The summed E-state index contributed by atoms with van der Waals surface area (Å²) in [5.41, 5.74) is 5.82. The van der Waals surface area contributed by atoms with Crippen LogP contribution in [0.1, 0.15) is 53.9 Å². The first-order chi connectivity index (χ1) is 20.6. The second kappa shape index (κ2) is 14.6. The lowest BCUT2D eigenvalue weighted by atomic mass is 9.98. The van der Waals surface area contributed by atoms with Crippen LogP contribution < -0.4 is 5.32 Å². The molecular weight excluding hydrogens is 532 g/mol. The molecule has 0 saturated carbocycles. The minimum absolute atomic E-state index is 0.00112. The second-order valence-corrected chi connectivity index (χ2v) is 10.9. The number of likely N-dealkylation sites (tertiary alicyclic amines) is 1. The van der Waals surface area contributed by atoms with Crippen LogP contribution >= 0.6 is 0 Å². The van der Waals surface area contributed by atoms with E-state index in [9.17, 15) is 15.0 Å². The highest BCUT2D eigenvalue weighted by atomic mass is 16.7. The topological polar surface area (TPSA) is 100 Å². The number of carbonyl (C=O) groups excluding carboxylic acids is 1. The Bertz CT molecular complexity index is 1330. The van der Waals surface area contributed by atoms with Crippen molar-refractivity contribution in [1.29, 1.82) is 0 Å². The van der Waals surface area contributed by atoms with E-state index in [1.165, 1.54) is 6.08 Å². The molecule has 0 bridgehead atoms. The lowest BCUT2D eigenvalue weighted by Crippen LogP contribution is -2.42. The Kier molecular flexibility index (Phi) is 10.4. The summed E-state index contributed by atoms with van der Waals surface area (Å²) in [6.45, 7) is 5.92. The number of aliphatic hydroxyl groups is 2. The van der Waals surface area contributed by atoms with Crippen LogP contribution in [0.15, 0.2) is 85.5 Å². The highest BCUT2D eigenvalue weighted by molar-refractivity contribution is 5.68. The Labute approximate surface area is 247 Å². The fraction of sp³-hybridized carbons (Fsp3) is 0.382. The number of hydrogen-bond acceptors (Lipinski definition) is 7. The van der Waals surface area contributed by atoms with Crippen molar-refractivity contribution in [1.82, 2.24) is 10.2 Å². The molecule has 2 aliphatic rings. The molecule has 0 aromatic heterocycles. The molecule has 2 heterocycles. The number of hydrogen-bond donors (Lipinski definition) is 3. The van der Waals surface area contributed by atoms with Crippen LogP contribution in [0.2, 0.25) is 0 Å². The molecule has 42 heavy (non-hydrogen) atoms. The van der Waals surface area contributed by atoms with Gasteiger partial charge in [0.15, 0.2) is 6.29 Å². The maximum atomic E-state index is 11.8. The maximum Gasteiger partial charge on any atom is 0.407 e. The first-order valence-electron chi connectivity index (χ1n) is 14.6. The van der Waals surface area contributed by atoms with Crippen LogP contribution in [-0.2, 0) is 27.4 Å². The minimum Gasteiger partial charge on any atom is -0.445 e. The highest BCUT2D eigenvalue weighted by Crippen LogP contribution is 2.39. The number of nitrogens with one attached hydrogen (secondary N) is 1. The summed E-state index contributed by atoms with van der Waals surface area (Å²) >= 11 is 0. The quantitative estimate of drug-likeness (QED) is 0.270. The Morgan fingerprint density at radius 2 is 1.79 bits per heavy atom. The lowest BCUT2D eigenvalue weighted by molar-refractivity contribution is -0.253. The van der Waals surface area contributed by atoms with Crippen molar-refractivity contribution in [2.75, 3.05) is 26.3 Å². The number of rotatable bonds is 11. The molecule has 8 heteroatoms. The average molecular weight is 573 g/mol. The summed E-state index contributed by atoms with van der Waals surface area (Å²) in [4.78, 5) is 14.2. The van der Waals surface area contributed by atoms with E-state index in [0.29, 0.717) is 13.0 Å². The molecule has 2 fully saturated rings. The molecular formula is C34H40N2O6. The fourth-order valence-corrected chi connectivity index (χ4v) is 5.72. The molecule has 0 aliphatic carbocycles. The second-order valence-electron chi connectivity index (χ2n) is 10.9. The van der Waals surface area contributed by atoms with Gasteiger partial charge in [-0.3, -0.25) is 4.90 Å². The van der Waals surface area contributed by atoms with E-state index < -0.39 is 12.4 Å². The third-order valence-electron chi connectivity index (χ3n) is 7.95. The van der Waals surface area contributed by atoms with Gasteiger partial charge in [-0.15, -0.1) is 0 Å². The van der Waals surface area contributed by atoms with Gasteiger partial charge in [0.2, 0.25) is 0 Å². The molecule has 2 saturated heterocycles. The van der Waals surface area contributed by atoms with E-state index in [1.54, 1.807) is 0 Å². The standard InChI is InChI=1S/C34H40N2O6/c1-2-16-40-34(39)35-20-25-6-3-7-27(17-25)28-8-4-9-29(18-28)33-41-31(21-36-15-5-10-30(36)23-38)19-32(42-33)26-13-11-24(22-37)12-14-26/h2-4,6-9,11-14,17-18,30-33,37-38H,1,5,10,15-16,19-23H2,(H,35,39)/t30-,31+,32-,33-/m0/s1. The first-order valence-corrected chi connectivity index (χ1v) is 14.6. The van der Waals surface area contributed by atoms with Crippen molar-refractivity contribution in [3.8, 4) is 11.1 Å². The monoisotopic (exact) mass is 572 g/mol. The molecule has 4 atom stereocenters. The highest BCUT2D eigenvalue weighted by Gasteiger charge is 2.35. The third kappa shape index (κ3) is 7.65. The Morgan fingerprint density at radius 1 is 1.00 bits per heavy atom. The van der Waals surface area contributed by atoms with Gasteiger partial charge in [-0.2, -0.15) is 0 Å². The van der Waals surface area contributed by atoms with Crippen LogP contribution in [0, 0.1) is 0 Å². The van der Waals surface area contributed by atoms with E-state index in [1.807, 2.05) is 60.7 Å². The zero-order valence-electron chi connectivity index (χ0n) is 23.9. The van der Waals surface area contributed by atoms with Gasteiger partial charge in [0.05, 0.1) is 25.4 Å². The van der Waals surface area contributed by atoms with E-state index in [2.05, 4.69) is 28.9 Å². The van der Waals surface area contributed by atoms with Crippen LogP contribution in [0.5, 0.6) is 0 Å². The number of benzene rings is 3. The Balaban J connectivity index is 1.35. The number of ether oxygens (including phenoxy) is 3. The molecule has 3 aromatic carbocycles. The molecule has 2 aliphatic heterocycles. The van der Waals surface area contributed by atoms with Gasteiger partial charge in [0.1, 0.15) is 6.61 Å². The largest absolute Gasteiger partial charge is 0.445 e. The number of alkyl carbamates (subject to hydrolysis) is 1. The summed E-state index contributed by atoms with van der Waals surface area (Å²) in [6.07, 6.45) is 3.02. The molecule has 5 rings (SSSR count). The van der Waals surface area contributed by atoms with Gasteiger partial charge < -0.3 is 29.7 Å². The zero-order chi connectivity index (χ0) is 29.3. The summed E-state index contributed by atoms with van der Waals surface area (Å²) in [5.74, 6) is 0. The van der Waals surface area contributed by atoms with Crippen LogP contribution in [0.4, 0.5) is 4.79 Å². The van der Waals surface area contributed by atoms with E-state index >= 15 is 0 Å². The molecule has 0 radical (unpaired) electrons. The molecule has 1 amide bonds. The number of amides is 1.